The lowest BCUT2D eigenvalue weighted by Gasteiger charge is -2.25. The number of hydrogen-bond acceptors (Lipinski definition) is 3. The fourth-order valence-electron chi connectivity index (χ4n) is 2.14. The van der Waals surface area contributed by atoms with E-state index in [1.54, 1.807) is 17.0 Å². The summed E-state index contributed by atoms with van der Waals surface area (Å²) in [5.41, 5.74) is 0.981. The standard InChI is InChI=1S/C16H23ClN2O3/c1-4-14(12-5-7-13(17)8-6-12)18-15(20)9-19(11(2)3)10-16(21)22/h5-8,11,14H,4,9-10H2,1-3H3,(H,18,20)(H,21,22). The Morgan fingerprint density at radius 1 is 1.23 bits per heavy atom. The summed E-state index contributed by atoms with van der Waals surface area (Å²) in [6.45, 7) is 5.63. The molecule has 1 aromatic rings. The summed E-state index contributed by atoms with van der Waals surface area (Å²) in [7, 11) is 0. The quantitative estimate of drug-likeness (QED) is 0.770. The van der Waals surface area contributed by atoms with Crippen LogP contribution in [-0.2, 0) is 9.59 Å². The Morgan fingerprint density at radius 3 is 2.27 bits per heavy atom. The Balaban J connectivity index is 2.67. The van der Waals surface area contributed by atoms with Gasteiger partial charge in [-0.25, -0.2) is 0 Å². The first kappa shape index (κ1) is 18.5. The van der Waals surface area contributed by atoms with Gasteiger partial charge >= 0.3 is 5.97 Å². The molecule has 6 heteroatoms. The molecule has 0 saturated carbocycles. The van der Waals surface area contributed by atoms with Crippen molar-refractivity contribution in [2.75, 3.05) is 13.1 Å². The van der Waals surface area contributed by atoms with Crippen LogP contribution in [0.15, 0.2) is 24.3 Å². The molecule has 1 aromatic carbocycles. The van der Waals surface area contributed by atoms with E-state index in [1.165, 1.54) is 0 Å². The van der Waals surface area contributed by atoms with E-state index in [9.17, 15) is 9.59 Å². The average Bonchev–Trinajstić information content (AvgIpc) is 2.44. The number of nitrogens with zero attached hydrogens (tertiary/aromatic N) is 1. The second-order valence-electron chi connectivity index (χ2n) is 5.47. The zero-order chi connectivity index (χ0) is 16.7. The zero-order valence-electron chi connectivity index (χ0n) is 13.2. The molecule has 122 valence electrons. The molecular formula is C16H23ClN2O3. The first-order chi connectivity index (χ1) is 10.3. The highest BCUT2D eigenvalue weighted by Crippen LogP contribution is 2.19. The Morgan fingerprint density at radius 2 is 1.82 bits per heavy atom. The van der Waals surface area contributed by atoms with Crippen molar-refractivity contribution in [3.63, 3.8) is 0 Å². The molecule has 1 amide bonds. The number of carbonyl (C=O) groups excluding carboxylic acids is 1. The molecule has 1 atom stereocenters. The summed E-state index contributed by atoms with van der Waals surface area (Å²) in [4.78, 5) is 24.6. The Bertz CT molecular complexity index is 503. The number of rotatable bonds is 8. The van der Waals surface area contributed by atoms with Crippen molar-refractivity contribution in [1.82, 2.24) is 10.2 Å². The number of carboxylic acid groups (broad SMARTS) is 1. The maximum absolute atomic E-state index is 12.2. The van der Waals surface area contributed by atoms with Crippen molar-refractivity contribution in [3.05, 3.63) is 34.9 Å². The topological polar surface area (TPSA) is 69.6 Å². The van der Waals surface area contributed by atoms with Crippen LogP contribution < -0.4 is 5.32 Å². The van der Waals surface area contributed by atoms with Crippen LogP contribution in [0.25, 0.3) is 0 Å². The number of carboxylic acids is 1. The van der Waals surface area contributed by atoms with Gasteiger partial charge in [-0.3, -0.25) is 14.5 Å². The molecule has 1 rings (SSSR count). The van der Waals surface area contributed by atoms with Crippen molar-refractivity contribution in [3.8, 4) is 0 Å². The van der Waals surface area contributed by atoms with Gasteiger partial charge in [-0.15, -0.1) is 0 Å². The van der Waals surface area contributed by atoms with Crippen LogP contribution in [0.5, 0.6) is 0 Å². The maximum atomic E-state index is 12.2. The van der Waals surface area contributed by atoms with Gasteiger partial charge in [0.25, 0.3) is 0 Å². The van der Waals surface area contributed by atoms with Crippen LogP contribution >= 0.6 is 11.6 Å². The Labute approximate surface area is 136 Å². The van der Waals surface area contributed by atoms with E-state index in [2.05, 4.69) is 5.32 Å². The first-order valence-electron chi connectivity index (χ1n) is 7.34. The van der Waals surface area contributed by atoms with Crippen molar-refractivity contribution >= 4 is 23.5 Å². The van der Waals surface area contributed by atoms with Crippen molar-refractivity contribution in [2.24, 2.45) is 0 Å². The van der Waals surface area contributed by atoms with Crippen LogP contribution in [0.2, 0.25) is 5.02 Å². The molecule has 0 aliphatic carbocycles. The third-order valence-electron chi connectivity index (χ3n) is 3.43. The summed E-state index contributed by atoms with van der Waals surface area (Å²) < 4.78 is 0. The summed E-state index contributed by atoms with van der Waals surface area (Å²) in [5.74, 6) is -1.12. The molecule has 22 heavy (non-hydrogen) atoms. The molecule has 0 radical (unpaired) electrons. The third-order valence-corrected chi connectivity index (χ3v) is 3.68. The lowest BCUT2D eigenvalue weighted by molar-refractivity contribution is -0.139. The number of nitrogens with one attached hydrogen (secondary N) is 1. The minimum Gasteiger partial charge on any atom is -0.480 e. The van der Waals surface area contributed by atoms with Crippen LogP contribution in [0.3, 0.4) is 0 Å². The minimum atomic E-state index is -0.939. The number of hydrogen-bond donors (Lipinski definition) is 2. The number of carbonyl (C=O) groups is 2. The molecule has 0 bridgehead atoms. The van der Waals surface area contributed by atoms with Gasteiger partial charge in [-0.1, -0.05) is 30.7 Å². The smallest absolute Gasteiger partial charge is 0.317 e. The van der Waals surface area contributed by atoms with Gasteiger partial charge in [-0.2, -0.15) is 0 Å². The predicted molar refractivity (Wildman–Crippen MR) is 87.0 cm³/mol. The number of aliphatic carboxylic acids is 1. The van der Waals surface area contributed by atoms with Gasteiger partial charge in [0.1, 0.15) is 0 Å². The summed E-state index contributed by atoms with van der Waals surface area (Å²) in [5, 5.41) is 12.5. The molecule has 0 heterocycles. The molecule has 1 unspecified atom stereocenters. The van der Waals surface area contributed by atoms with Gasteiger partial charge in [0.2, 0.25) is 5.91 Å². The second-order valence-corrected chi connectivity index (χ2v) is 5.91. The molecular weight excluding hydrogens is 304 g/mol. The average molecular weight is 327 g/mol. The highest BCUT2D eigenvalue weighted by molar-refractivity contribution is 6.30. The molecule has 5 nitrogen and oxygen atoms in total. The number of halogens is 1. The largest absolute Gasteiger partial charge is 0.480 e. The van der Waals surface area contributed by atoms with Crippen LogP contribution in [-0.4, -0.2) is 41.0 Å². The van der Waals surface area contributed by atoms with E-state index in [4.69, 9.17) is 16.7 Å². The maximum Gasteiger partial charge on any atom is 0.317 e. The highest BCUT2D eigenvalue weighted by atomic mass is 35.5. The zero-order valence-corrected chi connectivity index (χ0v) is 13.9. The van der Waals surface area contributed by atoms with Crippen molar-refractivity contribution in [1.29, 1.82) is 0 Å². The van der Waals surface area contributed by atoms with Crippen LogP contribution in [0, 0.1) is 0 Å². The van der Waals surface area contributed by atoms with E-state index >= 15 is 0 Å². The van der Waals surface area contributed by atoms with E-state index in [-0.39, 0.29) is 31.1 Å². The SMILES string of the molecule is CCC(NC(=O)CN(CC(=O)O)C(C)C)c1ccc(Cl)cc1. The van der Waals surface area contributed by atoms with Gasteiger partial charge in [0.05, 0.1) is 19.1 Å². The minimum absolute atomic E-state index is 0.0162. The third kappa shape index (κ3) is 6.03. The van der Waals surface area contributed by atoms with Gasteiger partial charge in [0.15, 0.2) is 0 Å². The fraction of sp³-hybridized carbons (Fsp3) is 0.500. The first-order valence-corrected chi connectivity index (χ1v) is 7.72. The van der Waals surface area contributed by atoms with Crippen LogP contribution in [0.1, 0.15) is 38.8 Å². The van der Waals surface area contributed by atoms with E-state index < -0.39 is 5.97 Å². The monoisotopic (exact) mass is 326 g/mol. The number of benzene rings is 1. The van der Waals surface area contributed by atoms with E-state index in [0.717, 1.165) is 12.0 Å². The van der Waals surface area contributed by atoms with Gasteiger partial charge in [0, 0.05) is 11.1 Å². The fourth-order valence-corrected chi connectivity index (χ4v) is 2.26. The molecule has 0 aliphatic rings. The Hall–Kier alpha value is -1.59. The summed E-state index contributed by atoms with van der Waals surface area (Å²) >= 11 is 5.87. The molecule has 2 N–H and O–H groups in total. The van der Waals surface area contributed by atoms with Gasteiger partial charge in [-0.05, 0) is 38.0 Å². The number of amides is 1. The molecule has 0 fully saturated rings. The van der Waals surface area contributed by atoms with Crippen molar-refractivity contribution < 1.29 is 14.7 Å². The lowest BCUT2D eigenvalue weighted by atomic mass is 10.0. The molecule has 0 aromatic heterocycles. The lowest BCUT2D eigenvalue weighted by Crippen LogP contribution is -2.44. The summed E-state index contributed by atoms with van der Waals surface area (Å²) in [6, 6.07) is 7.22. The predicted octanol–water partition coefficient (Wildman–Crippen LogP) is 2.70. The van der Waals surface area contributed by atoms with Crippen LogP contribution in [0.4, 0.5) is 0 Å². The molecule has 0 aliphatic heterocycles. The van der Waals surface area contributed by atoms with Crippen molar-refractivity contribution in [2.45, 2.75) is 39.3 Å². The van der Waals surface area contributed by atoms with Gasteiger partial charge < -0.3 is 10.4 Å². The highest BCUT2D eigenvalue weighted by Gasteiger charge is 2.19. The second kappa shape index (κ2) is 8.76. The Kier molecular flexibility index (Phi) is 7.35. The van der Waals surface area contributed by atoms with E-state index in [0.29, 0.717) is 5.02 Å². The molecule has 0 saturated heterocycles. The normalized spacial score (nSPS) is 12.5. The summed E-state index contributed by atoms with van der Waals surface area (Å²) in [6.07, 6.45) is 0.744. The molecule has 0 spiro atoms. The van der Waals surface area contributed by atoms with E-state index in [1.807, 2.05) is 32.9 Å².